The van der Waals surface area contributed by atoms with Gasteiger partial charge in [0.2, 0.25) is 0 Å². The van der Waals surface area contributed by atoms with Gasteiger partial charge in [0.1, 0.15) is 11.6 Å². The maximum Gasteiger partial charge on any atom is 0.417 e. The SMILES string of the molecule is CCCc1nn(-c2ccc(C(F)(F)F)cn2)cc1CCCOc1ccc(F)c(CC(=O)O)c1. The van der Waals surface area contributed by atoms with Crippen molar-refractivity contribution >= 4 is 5.97 Å². The lowest BCUT2D eigenvalue weighted by Crippen LogP contribution is -2.07. The Labute approximate surface area is 187 Å². The zero-order valence-corrected chi connectivity index (χ0v) is 17.9. The topological polar surface area (TPSA) is 77.2 Å². The number of benzene rings is 1. The van der Waals surface area contributed by atoms with Gasteiger partial charge in [0.05, 0.1) is 24.3 Å². The Bertz CT molecular complexity index is 1100. The van der Waals surface area contributed by atoms with Gasteiger partial charge in [-0.25, -0.2) is 14.1 Å². The van der Waals surface area contributed by atoms with Gasteiger partial charge in [-0.1, -0.05) is 13.3 Å². The van der Waals surface area contributed by atoms with Gasteiger partial charge in [-0.3, -0.25) is 4.79 Å². The number of pyridine rings is 1. The molecule has 0 aliphatic heterocycles. The van der Waals surface area contributed by atoms with Crippen molar-refractivity contribution in [3.8, 4) is 11.6 Å². The molecule has 1 N–H and O–H groups in total. The van der Waals surface area contributed by atoms with E-state index in [1.165, 1.54) is 28.9 Å². The Balaban J connectivity index is 1.64. The number of carboxylic acid groups (broad SMARTS) is 1. The van der Waals surface area contributed by atoms with Crippen LogP contribution < -0.4 is 4.74 Å². The maximum absolute atomic E-state index is 13.7. The third-order valence-corrected chi connectivity index (χ3v) is 4.89. The van der Waals surface area contributed by atoms with Gasteiger partial charge in [0.15, 0.2) is 5.82 Å². The van der Waals surface area contributed by atoms with E-state index < -0.39 is 29.9 Å². The minimum Gasteiger partial charge on any atom is -0.494 e. The molecule has 0 aliphatic carbocycles. The number of rotatable bonds is 10. The summed E-state index contributed by atoms with van der Waals surface area (Å²) in [6, 6.07) is 6.24. The van der Waals surface area contributed by atoms with E-state index in [1.54, 1.807) is 6.20 Å². The Morgan fingerprint density at radius 2 is 1.94 bits per heavy atom. The van der Waals surface area contributed by atoms with Crippen molar-refractivity contribution in [2.75, 3.05) is 6.61 Å². The molecule has 6 nitrogen and oxygen atoms in total. The molecule has 0 aliphatic rings. The minimum atomic E-state index is -4.45. The number of carbonyl (C=O) groups is 1. The summed E-state index contributed by atoms with van der Waals surface area (Å²) in [6.45, 7) is 2.32. The maximum atomic E-state index is 13.7. The second-order valence-corrected chi connectivity index (χ2v) is 7.47. The molecule has 3 rings (SSSR count). The number of aliphatic carboxylic acids is 1. The lowest BCUT2D eigenvalue weighted by Gasteiger charge is -2.08. The quantitative estimate of drug-likeness (QED) is 0.336. The number of halogens is 4. The van der Waals surface area contributed by atoms with E-state index in [0.29, 0.717) is 37.4 Å². The summed E-state index contributed by atoms with van der Waals surface area (Å²) in [5.74, 6) is -1.06. The first kappa shape index (κ1) is 24.2. The molecule has 0 fully saturated rings. The summed E-state index contributed by atoms with van der Waals surface area (Å²) >= 11 is 0. The van der Waals surface area contributed by atoms with Crippen LogP contribution in [-0.2, 0) is 30.2 Å². The highest BCUT2D eigenvalue weighted by atomic mass is 19.4. The summed E-state index contributed by atoms with van der Waals surface area (Å²) in [6.07, 6.45) is 0.430. The van der Waals surface area contributed by atoms with E-state index in [9.17, 15) is 22.4 Å². The molecule has 0 saturated carbocycles. The fraction of sp³-hybridized carbons (Fsp3) is 0.348. The van der Waals surface area contributed by atoms with Crippen LogP contribution in [0.4, 0.5) is 17.6 Å². The monoisotopic (exact) mass is 465 g/mol. The lowest BCUT2D eigenvalue weighted by atomic mass is 10.1. The van der Waals surface area contributed by atoms with E-state index in [-0.39, 0.29) is 5.56 Å². The Morgan fingerprint density at radius 1 is 1.15 bits per heavy atom. The summed E-state index contributed by atoms with van der Waals surface area (Å²) in [7, 11) is 0. The van der Waals surface area contributed by atoms with Gasteiger partial charge < -0.3 is 9.84 Å². The van der Waals surface area contributed by atoms with Crippen LogP contribution in [0, 0.1) is 5.82 Å². The molecule has 0 spiro atoms. The molecular weight excluding hydrogens is 442 g/mol. The van der Waals surface area contributed by atoms with Crippen LogP contribution in [0.15, 0.2) is 42.7 Å². The van der Waals surface area contributed by atoms with E-state index >= 15 is 0 Å². The number of alkyl halides is 3. The predicted octanol–water partition coefficient (Wildman–Crippen LogP) is 5.02. The van der Waals surface area contributed by atoms with Crippen LogP contribution in [0.5, 0.6) is 5.75 Å². The van der Waals surface area contributed by atoms with Crippen molar-refractivity contribution in [2.24, 2.45) is 0 Å². The largest absolute Gasteiger partial charge is 0.494 e. The lowest BCUT2D eigenvalue weighted by molar-refractivity contribution is -0.138. The molecule has 0 radical (unpaired) electrons. The van der Waals surface area contributed by atoms with E-state index in [0.717, 1.165) is 29.9 Å². The van der Waals surface area contributed by atoms with E-state index in [2.05, 4.69) is 10.1 Å². The first-order valence-corrected chi connectivity index (χ1v) is 10.4. The third kappa shape index (κ3) is 6.53. The molecule has 0 atom stereocenters. The fourth-order valence-electron chi connectivity index (χ4n) is 3.30. The smallest absolute Gasteiger partial charge is 0.417 e. The molecule has 2 aromatic heterocycles. The minimum absolute atomic E-state index is 0.0514. The van der Waals surface area contributed by atoms with Gasteiger partial charge in [0.25, 0.3) is 0 Å². The molecule has 10 heteroatoms. The number of nitrogens with zero attached hydrogens (tertiary/aromatic N) is 3. The second kappa shape index (κ2) is 10.5. The van der Waals surface area contributed by atoms with Crippen LogP contribution >= 0.6 is 0 Å². The van der Waals surface area contributed by atoms with Crippen molar-refractivity contribution < 1.29 is 32.2 Å². The fourth-order valence-corrected chi connectivity index (χ4v) is 3.30. The highest BCUT2D eigenvalue weighted by molar-refractivity contribution is 5.70. The molecule has 1 aromatic carbocycles. The van der Waals surface area contributed by atoms with Gasteiger partial charge in [0, 0.05) is 18.0 Å². The number of aromatic nitrogens is 3. The van der Waals surface area contributed by atoms with Crippen LogP contribution in [0.1, 0.15) is 42.1 Å². The molecule has 176 valence electrons. The molecule has 0 unspecified atom stereocenters. The van der Waals surface area contributed by atoms with Gasteiger partial charge in [-0.05, 0) is 55.2 Å². The predicted molar refractivity (Wildman–Crippen MR) is 112 cm³/mol. The normalized spacial score (nSPS) is 11.5. The number of hydrogen-bond acceptors (Lipinski definition) is 4. The van der Waals surface area contributed by atoms with Crippen LogP contribution in [-0.4, -0.2) is 32.4 Å². The van der Waals surface area contributed by atoms with Crippen LogP contribution in [0.2, 0.25) is 0 Å². The first-order valence-electron chi connectivity index (χ1n) is 10.4. The Kier molecular flexibility index (Phi) is 7.67. The summed E-state index contributed by atoms with van der Waals surface area (Å²) in [4.78, 5) is 14.7. The summed E-state index contributed by atoms with van der Waals surface area (Å²) < 4.78 is 59.1. The zero-order valence-electron chi connectivity index (χ0n) is 17.9. The van der Waals surface area contributed by atoms with Crippen LogP contribution in [0.3, 0.4) is 0 Å². The Morgan fingerprint density at radius 3 is 2.58 bits per heavy atom. The van der Waals surface area contributed by atoms with Gasteiger partial charge in [-0.15, -0.1) is 0 Å². The highest BCUT2D eigenvalue weighted by Crippen LogP contribution is 2.29. The van der Waals surface area contributed by atoms with Gasteiger partial charge >= 0.3 is 12.1 Å². The van der Waals surface area contributed by atoms with E-state index in [1.807, 2.05) is 6.92 Å². The number of ether oxygens (including phenoxy) is 1. The first-order chi connectivity index (χ1) is 15.7. The highest BCUT2D eigenvalue weighted by Gasteiger charge is 2.30. The van der Waals surface area contributed by atoms with E-state index in [4.69, 9.17) is 9.84 Å². The standard InChI is InChI=1S/C23H23F4N3O3/c1-2-4-20-15(14-30(29-20)21-9-6-17(13-28-21)23(25,26)27)5-3-10-33-18-7-8-19(24)16(11-18)12-22(31)32/h6-9,11,13-14H,2-5,10,12H2,1H3,(H,31,32). The summed E-state index contributed by atoms with van der Waals surface area (Å²) in [5, 5.41) is 13.3. The molecular formula is C23H23F4N3O3. The second-order valence-electron chi connectivity index (χ2n) is 7.47. The van der Waals surface area contributed by atoms with Crippen molar-refractivity contribution in [3.63, 3.8) is 0 Å². The molecule has 33 heavy (non-hydrogen) atoms. The summed E-state index contributed by atoms with van der Waals surface area (Å²) in [5.41, 5.74) is 1.00. The van der Waals surface area contributed by atoms with Crippen molar-refractivity contribution in [3.05, 3.63) is 70.9 Å². The van der Waals surface area contributed by atoms with Crippen molar-refractivity contribution in [2.45, 2.75) is 45.2 Å². The molecule has 0 saturated heterocycles. The zero-order chi connectivity index (χ0) is 24.0. The van der Waals surface area contributed by atoms with Gasteiger partial charge in [-0.2, -0.15) is 18.3 Å². The Hall–Kier alpha value is -3.43. The average molecular weight is 465 g/mol. The van der Waals surface area contributed by atoms with Crippen LogP contribution in [0.25, 0.3) is 5.82 Å². The number of aryl methyl sites for hydroxylation is 2. The number of carboxylic acids is 1. The van der Waals surface area contributed by atoms with Crippen molar-refractivity contribution in [1.29, 1.82) is 0 Å². The molecule has 2 heterocycles. The molecule has 3 aromatic rings. The third-order valence-electron chi connectivity index (χ3n) is 4.89. The molecule has 0 amide bonds. The number of hydrogen-bond donors (Lipinski definition) is 1. The van der Waals surface area contributed by atoms with Crippen molar-refractivity contribution in [1.82, 2.24) is 14.8 Å². The molecule has 0 bridgehead atoms. The average Bonchev–Trinajstić information content (AvgIpc) is 3.15.